The van der Waals surface area contributed by atoms with Crippen LogP contribution in [0, 0.1) is 0 Å². The average molecular weight is 420 g/mol. The molecule has 1 aliphatic heterocycles. The van der Waals surface area contributed by atoms with E-state index in [0.29, 0.717) is 5.02 Å². The molecular formula is C17H13ClF3NO4S. The zero-order chi connectivity index (χ0) is 19.8. The second-order valence-corrected chi connectivity index (χ2v) is 8.57. The fourth-order valence-corrected chi connectivity index (χ4v) is 4.38. The summed E-state index contributed by atoms with van der Waals surface area (Å²) in [5.41, 5.74) is 0.145. The van der Waals surface area contributed by atoms with Gasteiger partial charge < -0.3 is 9.64 Å². The fourth-order valence-electron chi connectivity index (χ4n) is 2.60. The molecule has 0 aliphatic carbocycles. The molecule has 5 nitrogen and oxygen atoms in total. The molecule has 2 aromatic carbocycles. The third-order valence-electron chi connectivity index (χ3n) is 4.05. The van der Waals surface area contributed by atoms with Crippen molar-refractivity contribution in [3.8, 4) is 5.75 Å². The predicted octanol–water partition coefficient (Wildman–Crippen LogP) is 3.54. The molecule has 0 N–H and O–H groups in total. The van der Waals surface area contributed by atoms with Gasteiger partial charge in [-0.05, 0) is 48.5 Å². The highest BCUT2D eigenvalue weighted by Crippen LogP contribution is 2.27. The summed E-state index contributed by atoms with van der Waals surface area (Å²) in [5.74, 6) is -0.901. The van der Waals surface area contributed by atoms with Crippen molar-refractivity contribution in [2.24, 2.45) is 0 Å². The molecule has 0 aromatic heterocycles. The Morgan fingerprint density at radius 3 is 2.11 bits per heavy atom. The molecule has 1 amide bonds. The topological polar surface area (TPSA) is 63.7 Å². The number of hydrogen-bond donors (Lipinski definition) is 0. The van der Waals surface area contributed by atoms with E-state index in [1.165, 1.54) is 41.3 Å². The van der Waals surface area contributed by atoms with E-state index in [1.807, 2.05) is 0 Å². The van der Waals surface area contributed by atoms with Crippen molar-refractivity contribution >= 4 is 27.3 Å². The van der Waals surface area contributed by atoms with Crippen LogP contribution in [0.1, 0.15) is 10.4 Å². The number of likely N-dealkylation sites (tertiary alicyclic amines) is 1. The summed E-state index contributed by atoms with van der Waals surface area (Å²) in [6.45, 7) is 0.00912. The van der Waals surface area contributed by atoms with Crippen LogP contribution in [-0.4, -0.2) is 43.9 Å². The van der Waals surface area contributed by atoms with Crippen LogP contribution in [0.4, 0.5) is 13.2 Å². The summed E-state index contributed by atoms with van der Waals surface area (Å²) in [7, 11) is -3.59. The minimum Gasteiger partial charge on any atom is -0.406 e. The second-order valence-electron chi connectivity index (χ2n) is 5.90. The van der Waals surface area contributed by atoms with Gasteiger partial charge in [-0.2, -0.15) is 0 Å². The lowest BCUT2D eigenvalue weighted by Gasteiger charge is -2.38. The molecule has 0 atom stereocenters. The van der Waals surface area contributed by atoms with Crippen LogP contribution in [0.15, 0.2) is 53.4 Å². The number of carbonyl (C=O) groups is 1. The molecule has 0 saturated carbocycles. The molecule has 1 fully saturated rings. The number of ether oxygens (including phenoxy) is 1. The SMILES string of the molecule is O=C(c1ccc(OC(F)(F)F)cc1)N1CC(S(=O)(=O)c2ccc(Cl)cc2)C1. The Labute approximate surface area is 158 Å². The summed E-state index contributed by atoms with van der Waals surface area (Å²) in [6.07, 6.45) is -4.81. The average Bonchev–Trinajstić information content (AvgIpc) is 2.52. The lowest BCUT2D eigenvalue weighted by Crippen LogP contribution is -2.56. The maximum atomic E-state index is 12.5. The molecule has 0 radical (unpaired) electrons. The molecule has 0 bridgehead atoms. The van der Waals surface area contributed by atoms with E-state index in [9.17, 15) is 26.4 Å². The van der Waals surface area contributed by atoms with Crippen LogP contribution in [0.3, 0.4) is 0 Å². The molecule has 2 aromatic rings. The summed E-state index contributed by atoms with van der Waals surface area (Å²) >= 11 is 5.75. The molecule has 0 unspecified atom stereocenters. The van der Waals surface area contributed by atoms with Crippen LogP contribution >= 0.6 is 11.6 Å². The first-order valence-electron chi connectivity index (χ1n) is 7.71. The highest BCUT2D eigenvalue weighted by Gasteiger charge is 2.40. The van der Waals surface area contributed by atoms with Gasteiger partial charge in [-0.25, -0.2) is 8.42 Å². The van der Waals surface area contributed by atoms with E-state index < -0.39 is 33.1 Å². The van der Waals surface area contributed by atoms with Crippen molar-refractivity contribution in [1.82, 2.24) is 4.90 Å². The van der Waals surface area contributed by atoms with Gasteiger partial charge in [0, 0.05) is 23.7 Å². The highest BCUT2D eigenvalue weighted by atomic mass is 35.5. The Hall–Kier alpha value is -2.26. The first-order chi connectivity index (χ1) is 12.6. The summed E-state index contributed by atoms with van der Waals surface area (Å²) in [4.78, 5) is 13.8. The van der Waals surface area contributed by atoms with Crippen LogP contribution in [0.25, 0.3) is 0 Å². The van der Waals surface area contributed by atoms with E-state index in [1.54, 1.807) is 0 Å². The van der Waals surface area contributed by atoms with Crippen LogP contribution < -0.4 is 4.74 Å². The van der Waals surface area contributed by atoms with Gasteiger partial charge in [-0.15, -0.1) is 13.2 Å². The van der Waals surface area contributed by atoms with Crippen molar-refractivity contribution in [3.05, 3.63) is 59.1 Å². The summed E-state index contributed by atoms with van der Waals surface area (Å²) < 4.78 is 65.2. The monoisotopic (exact) mass is 419 g/mol. The number of hydrogen-bond acceptors (Lipinski definition) is 4. The minimum atomic E-state index is -4.81. The number of amides is 1. The van der Waals surface area contributed by atoms with Crippen molar-refractivity contribution in [2.45, 2.75) is 16.5 Å². The molecule has 1 aliphatic rings. The van der Waals surface area contributed by atoms with Gasteiger partial charge >= 0.3 is 6.36 Å². The zero-order valence-electron chi connectivity index (χ0n) is 13.6. The Morgan fingerprint density at radius 1 is 1.04 bits per heavy atom. The lowest BCUT2D eigenvalue weighted by molar-refractivity contribution is -0.274. The number of carbonyl (C=O) groups excluding carboxylic acids is 1. The third kappa shape index (κ3) is 4.36. The van der Waals surface area contributed by atoms with Crippen molar-refractivity contribution in [1.29, 1.82) is 0 Å². The molecule has 0 spiro atoms. The minimum absolute atomic E-state index is 0.00456. The first-order valence-corrected chi connectivity index (χ1v) is 9.63. The van der Waals surface area contributed by atoms with Crippen molar-refractivity contribution in [3.63, 3.8) is 0 Å². The predicted molar refractivity (Wildman–Crippen MR) is 91.5 cm³/mol. The fraction of sp³-hybridized carbons (Fsp3) is 0.235. The molecule has 3 rings (SSSR count). The van der Waals surface area contributed by atoms with Gasteiger partial charge in [0.1, 0.15) is 11.0 Å². The zero-order valence-corrected chi connectivity index (χ0v) is 15.2. The van der Waals surface area contributed by atoms with Crippen LogP contribution in [0.5, 0.6) is 5.75 Å². The van der Waals surface area contributed by atoms with Crippen molar-refractivity contribution in [2.75, 3.05) is 13.1 Å². The number of nitrogens with zero attached hydrogens (tertiary/aromatic N) is 1. The number of halogens is 4. The summed E-state index contributed by atoms with van der Waals surface area (Å²) in [5, 5.41) is -0.326. The Bertz CT molecular complexity index is 938. The van der Waals surface area contributed by atoms with E-state index in [4.69, 9.17) is 11.6 Å². The summed E-state index contributed by atoms with van der Waals surface area (Å²) in [6, 6.07) is 10.2. The molecule has 10 heteroatoms. The van der Waals surface area contributed by atoms with Crippen LogP contribution in [-0.2, 0) is 9.84 Å². The van der Waals surface area contributed by atoms with Gasteiger partial charge in [0.15, 0.2) is 9.84 Å². The second kappa shape index (κ2) is 7.05. The maximum Gasteiger partial charge on any atom is 0.573 e. The molecule has 27 heavy (non-hydrogen) atoms. The smallest absolute Gasteiger partial charge is 0.406 e. The van der Waals surface area contributed by atoms with Gasteiger partial charge in [0.2, 0.25) is 0 Å². The Kier molecular flexibility index (Phi) is 5.09. The van der Waals surface area contributed by atoms with E-state index in [-0.39, 0.29) is 23.5 Å². The quantitative estimate of drug-likeness (QED) is 0.760. The van der Waals surface area contributed by atoms with E-state index in [0.717, 1.165) is 12.1 Å². The standard InChI is InChI=1S/C17H13ClF3NO4S/c18-12-3-7-14(8-4-12)27(24,25)15-9-22(10-15)16(23)11-1-5-13(6-2-11)26-17(19,20)21/h1-8,15H,9-10H2. The third-order valence-corrected chi connectivity index (χ3v) is 6.41. The number of alkyl halides is 3. The maximum absolute atomic E-state index is 12.5. The lowest BCUT2D eigenvalue weighted by atomic mass is 10.1. The van der Waals surface area contributed by atoms with E-state index in [2.05, 4.69) is 4.74 Å². The first kappa shape index (κ1) is 19.5. The van der Waals surface area contributed by atoms with Gasteiger partial charge in [0.05, 0.1) is 4.90 Å². The highest BCUT2D eigenvalue weighted by molar-refractivity contribution is 7.92. The number of benzene rings is 2. The van der Waals surface area contributed by atoms with Gasteiger partial charge in [-0.3, -0.25) is 4.79 Å². The number of sulfone groups is 1. The van der Waals surface area contributed by atoms with Crippen molar-refractivity contribution < 1.29 is 31.1 Å². The molecule has 1 saturated heterocycles. The normalized spacial score (nSPS) is 15.3. The number of rotatable bonds is 4. The van der Waals surface area contributed by atoms with E-state index >= 15 is 0 Å². The van der Waals surface area contributed by atoms with Gasteiger partial charge in [0.25, 0.3) is 5.91 Å². The molecule has 144 valence electrons. The Morgan fingerprint density at radius 2 is 1.59 bits per heavy atom. The van der Waals surface area contributed by atoms with Gasteiger partial charge in [-0.1, -0.05) is 11.6 Å². The molecular weight excluding hydrogens is 407 g/mol. The Balaban J connectivity index is 1.63. The van der Waals surface area contributed by atoms with Crippen LogP contribution in [0.2, 0.25) is 5.02 Å². The largest absolute Gasteiger partial charge is 0.573 e. The molecule has 1 heterocycles.